The van der Waals surface area contributed by atoms with Crippen molar-refractivity contribution in [1.82, 2.24) is 0 Å². The number of carbonyl (C=O) groups is 1. The van der Waals surface area contributed by atoms with Crippen LogP contribution >= 0.6 is 0 Å². The second-order valence-corrected chi connectivity index (χ2v) is 7.53. The Balaban J connectivity index is 1.70. The average molecular weight is 376 g/mol. The molecule has 2 nitrogen and oxygen atoms in total. The lowest BCUT2D eigenvalue weighted by Gasteiger charge is -2.08. The molecule has 0 saturated carbocycles. The molecule has 2 heteroatoms. The van der Waals surface area contributed by atoms with Crippen molar-refractivity contribution in [3.8, 4) is 0 Å². The molecule has 0 amide bonds. The van der Waals surface area contributed by atoms with Crippen molar-refractivity contribution < 1.29 is 9.53 Å². The largest absolute Gasteiger partial charge is 0.422 e. The van der Waals surface area contributed by atoms with E-state index < -0.39 is 0 Å². The normalized spacial score (nSPS) is 15.2. The van der Waals surface area contributed by atoms with Crippen molar-refractivity contribution in [3.63, 3.8) is 0 Å². The quantitative estimate of drug-likeness (QED) is 0.224. The summed E-state index contributed by atoms with van der Waals surface area (Å²) in [6.45, 7) is 4.14. The third kappa shape index (κ3) is 3.03. The Morgan fingerprint density at radius 3 is 2.07 bits per heavy atom. The van der Waals surface area contributed by atoms with Crippen LogP contribution in [0.3, 0.4) is 0 Å². The van der Waals surface area contributed by atoms with Gasteiger partial charge in [0.2, 0.25) is 0 Å². The summed E-state index contributed by atoms with van der Waals surface area (Å²) in [5, 5.41) is 4.56. The summed E-state index contributed by atoms with van der Waals surface area (Å²) in [5.74, 6) is 0.295. The van der Waals surface area contributed by atoms with Gasteiger partial charge in [0.1, 0.15) is 5.76 Å². The van der Waals surface area contributed by atoms with Crippen LogP contribution in [0.1, 0.15) is 22.3 Å². The van der Waals surface area contributed by atoms with Crippen molar-refractivity contribution in [1.29, 1.82) is 0 Å². The van der Waals surface area contributed by atoms with Gasteiger partial charge >= 0.3 is 5.97 Å². The van der Waals surface area contributed by atoms with E-state index in [-0.39, 0.29) is 5.97 Å². The third-order valence-corrected chi connectivity index (χ3v) is 5.63. The van der Waals surface area contributed by atoms with Crippen molar-refractivity contribution in [2.45, 2.75) is 13.8 Å². The second-order valence-electron chi connectivity index (χ2n) is 7.53. The number of cyclic esters (lactones) is 1. The number of benzene rings is 4. The molecule has 0 aromatic heterocycles. The van der Waals surface area contributed by atoms with Gasteiger partial charge in [-0.2, -0.15) is 0 Å². The van der Waals surface area contributed by atoms with Crippen molar-refractivity contribution in [2.24, 2.45) is 0 Å². The smallest absolute Gasteiger partial charge is 0.343 e. The standard InChI is InChI=1S/C27H20O2/c1-17-11-12-21(13-18(17)2)26-16-22(27(28)29-26)15-25-23-9-5-3-7-19(23)14-20-8-4-6-10-24(20)25/h3-16H,1-2H3/b22-15+. The molecule has 1 heterocycles. The summed E-state index contributed by atoms with van der Waals surface area (Å²) in [6.07, 6.45) is 3.81. The van der Waals surface area contributed by atoms with E-state index >= 15 is 0 Å². The van der Waals surface area contributed by atoms with E-state index in [0.29, 0.717) is 11.3 Å². The first kappa shape index (κ1) is 17.4. The highest BCUT2D eigenvalue weighted by molar-refractivity contribution is 6.12. The van der Waals surface area contributed by atoms with Gasteiger partial charge in [0.15, 0.2) is 0 Å². The molecule has 5 rings (SSSR count). The highest BCUT2D eigenvalue weighted by Gasteiger charge is 2.23. The fourth-order valence-corrected chi connectivity index (χ4v) is 3.89. The first-order chi connectivity index (χ1) is 14.1. The van der Waals surface area contributed by atoms with E-state index in [2.05, 4.69) is 56.3 Å². The fraction of sp³-hybridized carbons (Fsp3) is 0.0741. The minimum Gasteiger partial charge on any atom is -0.422 e. The lowest BCUT2D eigenvalue weighted by Crippen LogP contribution is -1.98. The molecule has 0 aliphatic carbocycles. The molecule has 0 radical (unpaired) electrons. The van der Waals surface area contributed by atoms with Crippen LogP contribution in [-0.4, -0.2) is 5.97 Å². The number of hydrogen-bond acceptors (Lipinski definition) is 2. The molecule has 4 aromatic carbocycles. The van der Waals surface area contributed by atoms with Crippen LogP contribution in [0, 0.1) is 13.8 Å². The maximum atomic E-state index is 12.6. The van der Waals surface area contributed by atoms with Gasteiger partial charge in [0.05, 0.1) is 5.57 Å². The van der Waals surface area contributed by atoms with Gasteiger partial charge in [0.25, 0.3) is 0 Å². The summed E-state index contributed by atoms with van der Waals surface area (Å²) in [6, 6.07) is 24.8. The third-order valence-electron chi connectivity index (χ3n) is 5.63. The first-order valence-electron chi connectivity index (χ1n) is 9.74. The SMILES string of the molecule is Cc1ccc(C2=C/C(=C\c3c4ccccc4cc4ccccc34)C(=O)O2)cc1C. The number of hydrogen-bond donors (Lipinski definition) is 0. The second kappa shape index (κ2) is 6.75. The number of ether oxygens (including phenoxy) is 1. The van der Waals surface area contributed by atoms with Gasteiger partial charge in [-0.05, 0) is 76.4 Å². The molecule has 1 aliphatic rings. The van der Waals surface area contributed by atoms with E-state index in [1.807, 2.05) is 42.5 Å². The Hall–Kier alpha value is -3.65. The predicted molar refractivity (Wildman–Crippen MR) is 119 cm³/mol. The van der Waals surface area contributed by atoms with Crippen LogP contribution < -0.4 is 0 Å². The lowest BCUT2D eigenvalue weighted by molar-refractivity contribution is -0.130. The number of carbonyl (C=O) groups excluding carboxylic acids is 1. The van der Waals surface area contributed by atoms with Gasteiger partial charge in [-0.3, -0.25) is 0 Å². The van der Waals surface area contributed by atoms with Gasteiger partial charge in [-0.25, -0.2) is 4.79 Å². The van der Waals surface area contributed by atoms with Crippen LogP contribution in [0.15, 0.2) is 84.4 Å². The summed E-state index contributed by atoms with van der Waals surface area (Å²) < 4.78 is 5.61. The molecule has 1 aliphatic heterocycles. The van der Waals surface area contributed by atoms with Gasteiger partial charge in [-0.15, -0.1) is 0 Å². The molecule has 4 aromatic rings. The predicted octanol–water partition coefficient (Wildman–Crippen LogP) is 6.59. The maximum absolute atomic E-state index is 12.6. The van der Waals surface area contributed by atoms with Crippen LogP contribution in [0.4, 0.5) is 0 Å². The molecule has 0 bridgehead atoms. The molecule has 0 N–H and O–H groups in total. The summed E-state index contributed by atoms with van der Waals surface area (Å²) in [4.78, 5) is 12.6. The Morgan fingerprint density at radius 2 is 1.41 bits per heavy atom. The zero-order valence-corrected chi connectivity index (χ0v) is 16.4. The van der Waals surface area contributed by atoms with Gasteiger partial charge in [-0.1, -0.05) is 60.7 Å². The van der Waals surface area contributed by atoms with E-state index in [1.54, 1.807) is 0 Å². The van der Waals surface area contributed by atoms with Crippen LogP contribution in [0.5, 0.6) is 0 Å². The Morgan fingerprint density at radius 1 is 0.759 bits per heavy atom. The van der Waals surface area contributed by atoms with Crippen LogP contribution in [0.2, 0.25) is 0 Å². The molecule has 0 fully saturated rings. The molecule has 0 spiro atoms. The molecule has 0 unspecified atom stereocenters. The van der Waals surface area contributed by atoms with E-state index in [4.69, 9.17) is 4.74 Å². The molecular weight excluding hydrogens is 356 g/mol. The lowest BCUT2D eigenvalue weighted by atomic mass is 9.95. The Bertz CT molecular complexity index is 1300. The van der Waals surface area contributed by atoms with E-state index in [1.165, 1.54) is 11.1 Å². The summed E-state index contributed by atoms with van der Waals surface area (Å²) in [5.41, 5.74) is 4.93. The molecule has 29 heavy (non-hydrogen) atoms. The first-order valence-corrected chi connectivity index (χ1v) is 9.74. The number of rotatable bonds is 2. The van der Waals surface area contributed by atoms with Crippen molar-refractivity contribution >= 4 is 39.3 Å². The summed E-state index contributed by atoms with van der Waals surface area (Å²) in [7, 11) is 0. The molecular formula is C27H20O2. The Kier molecular flexibility index (Phi) is 4.06. The van der Waals surface area contributed by atoms with Gasteiger partial charge < -0.3 is 4.74 Å². The van der Waals surface area contributed by atoms with Crippen molar-refractivity contribution in [3.05, 3.63) is 107 Å². The summed E-state index contributed by atoms with van der Waals surface area (Å²) >= 11 is 0. The number of fused-ring (bicyclic) bond motifs is 2. The van der Waals surface area contributed by atoms with Crippen LogP contribution in [0.25, 0.3) is 33.4 Å². The minimum absolute atomic E-state index is 0.310. The monoisotopic (exact) mass is 376 g/mol. The zero-order valence-electron chi connectivity index (χ0n) is 16.4. The molecule has 0 saturated heterocycles. The topological polar surface area (TPSA) is 26.3 Å². The van der Waals surface area contributed by atoms with Crippen LogP contribution in [-0.2, 0) is 9.53 Å². The van der Waals surface area contributed by atoms with Crippen molar-refractivity contribution in [2.75, 3.05) is 0 Å². The highest BCUT2D eigenvalue weighted by atomic mass is 16.5. The average Bonchev–Trinajstić information content (AvgIpc) is 3.10. The highest BCUT2D eigenvalue weighted by Crippen LogP contribution is 2.33. The zero-order chi connectivity index (χ0) is 20.0. The van der Waals surface area contributed by atoms with E-state index in [9.17, 15) is 4.79 Å². The molecule has 0 atom stereocenters. The van der Waals surface area contributed by atoms with Gasteiger partial charge in [0, 0.05) is 5.56 Å². The minimum atomic E-state index is -0.310. The fourth-order valence-electron chi connectivity index (χ4n) is 3.89. The Labute approximate surface area is 169 Å². The number of aryl methyl sites for hydroxylation is 2. The molecule has 140 valence electrons. The number of esters is 1. The maximum Gasteiger partial charge on any atom is 0.343 e. The van der Waals surface area contributed by atoms with E-state index in [0.717, 1.165) is 32.7 Å².